The number of fused-ring (bicyclic) bond motifs is 7. The van der Waals surface area contributed by atoms with Crippen LogP contribution in [0.4, 0.5) is 17.1 Å². The molecule has 0 radical (unpaired) electrons. The predicted molar refractivity (Wildman–Crippen MR) is 241 cm³/mol. The fourth-order valence-electron chi connectivity index (χ4n) is 8.14. The average Bonchev–Trinajstić information content (AvgIpc) is 3.82. The van der Waals surface area contributed by atoms with Crippen LogP contribution in [-0.2, 0) is 0 Å². The number of hydrogen-bond donors (Lipinski definition) is 0. The van der Waals surface area contributed by atoms with Gasteiger partial charge in [-0.2, -0.15) is 0 Å². The number of rotatable bonds is 6. The number of nitrogens with zero attached hydrogens (tertiary/aromatic N) is 1. The van der Waals surface area contributed by atoms with Crippen LogP contribution in [0, 0.1) is 0 Å². The molecule has 0 amide bonds. The van der Waals surface area contributed by atoms with Gasteiger partial charge in [0, 0.05) is 57.4 Å². The highest BCUT2D eigenvalue weighted by molar-refractivity contribution is 7.26. The fraction of sp³-hybridized carbons (Fsp3) is 0. The summed E-state index contributed by atoms with van der Waals surface area (Å²) in [6.45, 7) is 0. The Kier molecular flexibility index (Phi) is 7.61. The van der Waals surface area contributed by atoms with Gasteiger partial charge < -0.3 is 4.90 Å². The summed E-state index contributed by atoms with van der Waals surface area (Å²) in [6, 6.07) is 73.5. The van der Waals surface area contributed by atoms with Crippen LogP contribution in [0.1, 0.15) is 0 Å². The molecule has 0 bridgehead atoms. The third-order valence-corrected chi connectivity index (χ3v) is 13.2. The number of hydrogen-bond acceptors (Lipinski definition) is 3. The lowest BCUT2D eigenvalue weighted by atomic mass is 9.99. The van der Waals surface area contributed by atoms with Crippen molar-refractivity contribution in [1.82, 2.24) is 0 Å². The maximum Gasteiger partial charge on any atom is 0.0467 e. The normalized spacial score (nSPS) is 11.6. The first-order valence-electron chi connectivity index (χ1n) is 18.7. The van der Waals surface area contributed by atoms with Gasteiger partial charge in [0.25, 0.3) is 0 Å². The molecule has 0 spiro atoms. The minimum absolute atomic E-state index is 1.11. The van der Waals surface area contributed by atoms with Crippen LogP contribution in [0.5, 0.6) is 0 Å². The molecule has 0 aliphatic heterocycles. The van der Waals surface area contributed by atoms with E-state index in [1.54, 1.807) is 0 Å². The van der Waals surface area contributed by atoms with Gasteiger partial charge in [0.2, 0.25) is 0 Å². The zero-order valence-corrected chi connectivity index (χ0v) is 31.4. The van der Waals surface area contributed by atoms with Crippen molar-refractivity contribution in [2.45, 2.75) is 0 Å². The van der Waals surface area contributed by atoms with E-state index >= 15 is 0 Å². The average molecular weight is 736 g/mol. The molecule has 2 aromatic heterocycles. The molecule has 0 saturated carbocycles. The largest absolute Gasteiger partial charge is 0.310 e. The molecule has 0 aliphatic rings. The summed E-state index contributed by atoms with van der Waals surface area (Å²) in [4.78, 5) is 2.40. The van der Waals surface area contributed by atoms with Gasteiger partial charge in [0.15, 0.2) is 0 Å². The smallest absolute Gasteiger partial charge is 0.0467 e. The van der Waals surface area contributed by atoms with Crippen molar-refractivity contribution in [1.29, 1.82) is 0 Å². The van der Waals surface area contributed by atoms with Crippen molar-refractivity contribution in [2.75, 3.05) is 4.90 Å². The first kappa shape index (κ1) is 32.0. The van der Waals surface area contributed by atoms with Crippen molar-refractivity contribution < 1.29 is 0 Å². The second kappa shape index (κ2) is 13.1. The van der Waals surface area contributed by atoms with Crippen LogP contribution in [0.2, 0.25) is 0 Å². The van der Waals surface area contributed by atoms with E-state index in [0.717, 1.165) is 17.1 Å². The molecule has 0 aliphatic carbocycles. The summed E-state index contributed by atoms with van der Waals surface area (Å²) in [5.74, 6) is 0. The molecule has 3 heteroatoms. The lowest BCUT2D eigenvalue weighted by molar-refractivity contribution is 1.28. The molecule has 1 nitrogen and oxygen atoms in total. The van der Waals surface area contributed by atoms with Gasteiger partial charge in [-0.3, -0.25) is 0 Å². The van der Waals surface area contributed by atoms with Crippen molar-refractivity contribution in [3.05, 3.63) is 200 Å². The first-order chi connectivity index (χ1) is 27.2. The fourth-order valence-corrected chi connectivity index (χ4v) is 10.5. The molecule has 0 saturated heterocycles. The van der Waals surface area contributed by atoms with E-state index in [-0.39, 0.29) is 0 Å². The van der Waals surface area contributed by atoms with Gasteiger partial charge in [-0.1, -0.05) is 133 Å². The van der Waals surface area contributed by atoms with Gasteiger partial charge in [-0.15, -0.1) is 22.7 Å². The predicted octanol–water partition coefficient (Wildman–Crippen LogP) is 16.0. The summed E-state index contributed by atoms with van der Waals surface area (Å²) >= 11 is 3.74. The number of thiophene rings is 2. The van der Waals surface area contributed by atoms with Crippen LogP contribution in [0.25, 0.3) is 84.5 Å². The van der Waals surface area contributed by atoms with Gasteiger partial charge in [0.05, 0.1) is 0 Å². The molecular weight excluding hydrogens is 703 g/mol. The second-order valence-corrected chi connectivity index (χ2v) is 16.3. The SMILES string of the molecule is c1cc(-c2ccc3sc4ccccc4c3c2)cc(N(c2ccc(-c3ccc4ccccc4c3)cc2)c2cccc(-c3cccc4c3sc3ccccc34)c2)c1. The zero-order chi connectivity index (χ0) is 36.3. The van der Waals surface area contributed by atoms with Gasteiger partial charge in [-0.05, 0) is 111 Å². The van der Waals surface area contributed by atoms with E-state index in [1.807, 2.05) is 22.7 Å². The van der Waals surface area contributed by atoms with Gasteiger partial charge >= 0.3 is 0 Å². The molecule has 0 fully saturated rings. The van der Waals surface area contributed by atoms with Gasteiger partial charge in [0.1, 0.15) is 0 Å². The Hall–Kier alpha value is -6.52. The third kappa shape index (κ3) is 5.60. The molecule has 55 heavy (non-hydrogen) atoms. The molecule has 2 heterocycles. The quantitative estimate of drug-likeness (QED) is 0.164. The maximum atomic E-state index is 2.40. The Morgan fingerprint density at radius 1 is 0.291 bits per heavy atom. The van der Waals surface area contributed by atoms with Gasteiger partial charge in [-0.25, -0.2) is 0 Å². The van der Waals surface area contributed by atoms with E-state index in [0.29, 0.717) is 0 Å². The number of anilines is 3. The summed E-state index contributed by atoms with van der Waals surface area (Å²) in [7, 11) is 0. The van der Waals surface area contributed by atoms with E-state index < -0.39 is 0 Å². The van der Waals surface area contributed by atoms with Crippen LogP contribution in [-0.4, -0.2) is 0 Å². The second-order valence-electron chi connectivity index (χ2n) is 14.1. The molecule has 9 aromatic carbocycles. The Morgan fingerprint density at radius 3 is 1.67 bits per heavy atom. The minimum atomic E-state index is 1.11. The van der Waals surface area contributed by atoms with Crippen LogP contribution < -0.4 is 4.90 Å². The standard InChI is InChI=1S/C52H33NS2/c1-2-11-36-30-38(23-22-34(36)10-1)35-24-27-41(28-25-35)53(42-14-7-12-37(31-42)39-26-29-51-48(33-39)46-17-4-5-20-49(46)54-51)43-15-8-13-40(32-43)44-18-9-19-47-45-16-3-6-21-50(45)55-52(44)47/h1-33H. The van der Waals surface area contributed by atoms with E-state index in [4.69, 9.17) is 0 Å². The Balaban J connectivity index is 1.05. The molecule has 0 unspecified atom stereocenters. The highest BCUT2D eigenvalue weighted by Gasteiger charge is 2.17. The Morgan fingerprint density at radius 2 is 0.855 bits per heavy atom. The lowest BCUT2D eigenvalue weighted by Gasteiger charge is -2.27. The Bertz CT molecular complexity index is 3220. The van der Waals surface area contributed by atoms with E-state index in [9.17, 15) is 0 Å². The first-order valence-corrected chi connectivity index (χ1v) is 20.3. The van der Waals surface area contributed by atoms with Crippen molar-refractivity contribution in [3.8, 4) is 33.4 Å². The van der Waals surface area contributed by atoms with Crippen molar-refractivity contribution >= 4 is 90.9 Å². The van der Waals surface area contributed by atoms with Crippen LogP contribution in [0.3, 0.4) is 0 Å². The highest BCUT2D eigenvalue weighted by atomic mass is 32.1. The lowest BCUT2D eigenvalue weighted by Crippen LogP contribution is -2.10. The van der Waals surface area contributed by atoms with E-state index in [1.165, 1.54) is 84.5 Å². The number of benzene rings is 9. The molecule has 11 rings (SSSR count). The summed E-state index contributed by atoms with van der Waals surface area (Å²) in [5.41, 5.74) is 10.6. The van der Waals surface area contributed by atoms with Crippen LogP contribution >= 0.6 is 22.7 Å². The topological polar surface area (TPSA) is 3.24 Å². The Labute approximate surface area is 327 Å². The summed E-state index contributed by atoms with van der Waals surface area (Å²) in [6.07, 6.45) is 0. The van der Waals surface area contributed by atoms with Crippen LogP contribution in [0.15, 0.2) is 200 Å². The van der Waals surface area contributed by atoms with E-state index in [2.05, 4.69) is 205 Å². The monoisotopic (exact) mass is 735 g/mol. The third-order valence-electron chi connectivity index (χ3n) is 10.8. The van der Waals surface area contributed by atoms with Crippen molar-refractivity contribution in [3.63, 3.8) is 0 Å². The summed E-state index contributed by atoms with van der Waals surface area (Å²) < 4.78 is 5.29. The molecule has 0 N–H and O–H groups in total. The molecule has 0 atom stereocenters. The molecule has 258 valence electrons. The minimum Gasteiger partial charge on any atom is -0.310 e. The molecule has 11 aromatic rings. The highest BCUT2D eigenvalue weighted by Crippen LogP contribution is 2.44. The zero-order valence-electron chi connectivity index (χ0n) is 29.8. The maximum absolute atomic E-state index is 2.40. The van der Waals surface area contributed by atoms with Crippen molar-refractivity contribution in [2.24, 2.45) is 0 Å². The summed E-state index contributed by atoms with van der Waals surface area (Å²) in [5, 5.41) is 7.77. The molecular formula is C52H33NS2.